The molecule has 0 saturated carbocycles. The summed E-state index contributed by atoms with van der Waals surface area (Å²) in [5.74, 6) is -0.102. The molecule has 3 aromatic rings. The Morgan fingerprint density at radius 2 is 1.65 bits per heavy atom. The number of ether oxygens (including phenoxy) is 1. The SMILES string of the molecule is CCCn1c(=O)n(CC(=O)Nc2cc(S(=O)(=O)N(CC)CC)ccc2OCC)c2ccccc21. The molecule has 0 unspecified atom stereocenters. The summed E-state index contributed by atoms with van der Waals surface area (Å²) >= 11 is 0. The van der Waals surface area contributed by atoms with Crippen LogP contribution in [0.2, 0.25) is 0 Å². The number of para-hydroxylation sites is 2. The van der Waals surface area contributed by atoms with Gasteiger partial charge in [-0.3, -0.25) is 13.9 Å². The van der Waals surface area contributed by atoms with E-state index in [9.17, 15) is 18.0 Å². The van der Waals surface area contributed by atoms with Gasteiger partial charge in [0.15, 0.2) is 0 Å². The first kappa shape index (κ1) is 25.5. The number of benzene rings is 2. The van der Waals surface area contributed by atoms with Crippen LogP contribution < -0.4 is 15.7 Å². The van der Waals surface area contributed by atoms with Crippen molar-refractivity contribution in [2.45, 2.75) is 52.1 Å². The van der Waals surface area contributed by atoms with E-state index < -0.39 is 15.9 Å². The van der Waals surface area contributed by atoms with Gasteiger partial charge in [-0.25, -0.2) is 13.2 Å². The number of amides is 1. The van der Waals surface area contributed by atoms with Crippen LogP contribution in [0.25, 0.3) is 11.0 Å². The molecule has 2 aromatic carbocycles. The number of carbonyl (C=O) groups excluding carboxylic acids is 1. The van der Waals surface area contributed by atoms with Gasteiger partial charge in [0.2, 0.25) is 15.9 Å². The molecule has 3 rings (SSSR count). The van der Waals surface area contributed by atoms with E-state index in [1.54, 1.807) is 31.4 Å². The molecule has 9 nitrogen and oxygen atoms in total. The van der Waals surface area contributed by atoms with E-state index in [1.807, 2.05) is 25.1 Å². The summed E-state index contributed by atoms with van der Waals surface area (Å²) in [6.45, 7) is 8.67. The molecule has 0 atom stereocenters. The molecule has 10 heteroatoms. The minimum Gasteiger partial charge on any atom is -0.492 e. The quantitative estimate of drug-likeness (QED) is 0.446. The Morgan fingerprint density at radius 1 is 1.00 bits per heavy atom. The third-order valence-corrected chi connectivity index (χ3v) is 7.59. The van der Waals surface area contributed by atoms with E-state index in [1.165, 1.54) is 27.1 Å². The molecule has 0 aliphatic heterocycles. The van der Waals surface area contributed by atoms with Gasteiger partial charge < -0.3 is 10.1 Å². The molecule has 1 heterocycles. The van der Waals surface area contributed by atoms with Crippen LogP contribution in [0.1, 0.15) is 34.1 Å². The van der Waals surface area contributed by atoms with Crippen LogP contribution in [0.5, 0.6) is 5.75 Å². The van der Waals surface area contributed by atoms with Crippen molar-refractivity contribution in [3.63, 3.8) is 0 Å². The Bertz CT molecular complexity index is 1320. The van der Waals surface area contributed by atoms with E-state index in [4.69, 9.17) is 4.74 Å². The van der Waals surface area contributed by atoms with E-state index in [0.717, 1.165) is 11.9 Å². The molecule has 0 bridgehead atoms. The second-order valence-corrected chi connectivity index (χ2v) is 9.68. The van der Waals surface area contributed by atoms with Gasteiger partial charge in [-0.05, 0) is 43.7 Å². The largest absolute Gasteiger partial charge is 0.492 e. The van der Waals surface area contributed by atoms with Crippen LogP contribution in [-0.2, 0) is 27.9 Å². The molecule has 0 saturated heterocycles. The lowest BCUT2D eigenvalue weighted by molar-refractivity contribution is -0.116. The van der Waals surface area contributed by atoms with Crippen LogP contribution >= 0.6 is 0 Å². The molecule has 0 spiro atoms. The average molecular weight is 489 g/mol. The Hall–Kier alpha value is -3.11. The van der Waals surface area contributed by atoms with E-state index >= 15 is 0 Å². The van der Waals surface area contributed by atoms with Crippen molar-refractivity contribution in [2.24, 2.45) is 0 Å². The van der Waals surface area contributed by atoms with Crippen LogP contribution in [0, 0.1) is 0 Å². The maximum absolute atomic E-state index is 13.0. The Balaban J connectivity index is 1.96. The average Bonchev–Trinajstić information content (AvgIpc) is 3.07. The number of imidazole rings is 1. The molecule has 1 aromatic heterocycles. The predicted molar refractivity (Wildman–Crippen MR) is 133 cm³/mol. The Morgan fingerprint density at radius 3 is 2.24 bits per heavy atom. The summed E-state index contributed by atoms with van der Waals surface area (Å²) in [5, 5.41) is 2.75. The smallest absolute Gasteiger partial charge is 0.329 e. The zero-order valence-electron chi connectivity index (χ0n) is 20.1. The maximum Gasteiger partial charge on any atom is 0.329 e. The molecule has 0 fully saturated rings. The van der Waals surface area contributed by atoms with Crippen molar-refractivity contribution in [3.8, 4) is 5.75 Å². The van der Waals surface area contributed by atoms with E-state index in [-0.39, 0.29) is 22.8 Å². The van der Waals surface area contributed by atoms with Crippen molar-refractivity contribution in [1.82, 2.24) is 13.4 Å². The first-order valence-electron chi connectivity index (χ1n) is 11.5. The number of aromatic nitrogens is 2. The fourth-order valence-corrected chi connectivity index (χ4v) is 5.44. The van der Waals surface area contributed by atoms with Gasteiger partial charge in [-0.1, -0.05) is 32.9 Å². The van der Waals surface area contributed by atoms with Crippen molar-refractivity contribution < 1.29 is 17.9 Å². The molecular formula is C24H32N4O5S. The van der Waals surface area contributed by atoms with Gasteiger partial charge in [0.05, 0.1) is 28.2 Å². The third kappa shape index (κ3) is 5.02. The molecule has 0 aliphatic rings. The van der Waals surface area contributed by atoms with Crippen molar-refractivity contribution in [2.75, 3.05) is 25.0 Å². The molecule has 1 N–H and O–H groups in total. The first-order chi connectivity index (χ1) is 16.3. The lowest BCUT2D eigenvalue weighted by atomic mass is 10.3. The Kier molecular flexibility index (Phi) is 8.16. The highest BCUT2D eigenvalue weighted by molar-refractivity contribution is 7.89. The van der Waals surface area contributed by atoms with Crippen LogP contribution in [0.15, 0.2) is 52.2 Å². The summed E-state index contributed by atoms with van der Waals surface area (Å²) in [6, 6.07) is 11.7. The number of nitrogens with one attached hydrogen (secondary N) is 1. The van der Waals surface area contributed by atoms with Gasteiger partial charge in [-0.2, -0.15) is 4.31 Å². The van der Waals surface area contributed by atoms with Crippen LogP contribution in [-0.4, -0.2) is 47.5 Å². The van der Waals surface area contributed by atoms with Crippen molar-refractivity contribution >= 4 is 32.7 Å². The number of aryl methyl sites for hydroxylation is 1. The van der Waals surface area contributed by atoms with Crippen LogP contribution in [0.3, 0.4) is 0 Å². The van der Waals surface area contributed by atoms with E-state index in [0.29, 0.717) is 37.5 Å². The maximum atomic E-state index is 13.0. The van der Waals surface area contributed by atoms with Gasteiger partial charge >= 0.3 is 5.69 Å². The number of anilines is 1. The molecule has 34 heavy (non-hydrogen) atoms. The standard InChI is InChI=1S/C24H32N4O5S/c1-5-15-27-20-11-9-10-12-21(20)28(24(27)30)17-23(29)25-19-16-18(13-14-22(19)33-8-4)34(31,32)26(6-2)7-3/h9-14,16H,5-8,15,17H2,1-4H3,(H,25,29). The van der Waals surface area contributed by atoms with Gasteiger partial charge in [0.1, 0.15) is 12.3 Å². The number of hydrogen-bond donors (Lipinski definition) is 1. The molecular weight excluding hydrogens is 456 g/mol. The fourth-order valence-electron chi connectivity index (χ4n) is 3.96. The lowest BCUT2D eigenvalue weighted by Gasteiger charge is -2.20. The first-order valence-corrected chi connectivity index (χ1v) is 13.0. The number of nitrogens with zero attached hydrogens (tertiary/aromatic N) is 3. The number of carbonyl (C=O) groups is 1. The minimum absolute atomic E-state index is 0.0617. The second-order valence-electron chi connectivity index (χ2n) is 7.74. The van der Waals surface area contributed by atoms with Crippen molar-refractivity contribution in [3.05, 3.63) is 52.9 Å². The molecule has 184 valence electrons. The lowest BCUT2D eigenvalue weighted by Crippen LogP contribution is -2.31. The summed E-state index contributed by atoms with van der Waals surface area (Å²) in [5.41, 5.74) is 1.41. The normalized spacial score (nSPS) is 11.8. The number of hydrogen-bond acceptors (Lipinski definition) is 5. The van der Waals surface area contributed by atoms with Crippen molar-refractivity contribution in [1.29, 1.82) is 0 Å². The highest BCUT2D eigenvalue weighted by Crippen LogP contribution is 2.29. The number of rotatable bonds is 11. The van der Waals surface area contributed by atoms with Gasteiger partial charge in [0, 0.05) is 19.6 Å². The zero-order valence-corrected chi connectivity index (χ0v) is 20.9. The van der Waals surface area contributed by atoms with E-state index in [2.05, 4.69) is 5.32 Å². The highest BCUT2D eigenvalue weighted by Gasteiger charge is 2.24. The second kappa shape index (κ2) is 10.9. The molecule has 0 aliphatic carbocycles. The fraction of sp³-hybridized carbons (Fsp3) is 0.417. The molecule has 1 amide bonds. The number of fused-ring (bicyclic) bond motifs is 1. The van der Waals surface area contributed by atoms with Gasteiger partial charge in [0.25, 0.3) is 0 Å². The summed E-state index contributed by atoms with van der Waals surface area (Å²) in [4.78, 5) is 26.1. The summed E-state index contributed by atoms with van der Waals surface area (Å²) < 4.78 is 36.0. The predicted octanol–water partition coefficient (Wildman–Crippen LogP) is 3.28. The van der Waals surface area contributed by atoms with Gasteiger partial charge in [-0.15, -0.1) is 0 Å². The highest BCUT2D eigenvalue weighted by atomic mass is 32.2. The zero-order chi connectivity index (χ0) is 24.9. The minimum atomic E-state index is -3.72. The molecule has 0 radical (unpaired) electrons. The summed E-state index contributed by atoms with van der Waals surface area (Å²) in [6.07, 6.45) is 0.783. The third-order valence-electron chi connectivity index (χ3n) is 5.54. The van der Waals surface area contributed by atoms with Crippen LogP contribution in [0.4, 0.5) is 5.69 Å². The summed E-state index contributed by atoms with van der Waals surface area (Å²) in [7, 11) is -3.72. The monoisotopic (exact) mass is 488 g/mol. The number of sulfonamides is 1. The Labute approximate surface area is 200 Å². The topological polar surface area (TPSA) is 103 Å².